The predicted molar refractivity (Wildman–Crippen MR) is 126 cm³/mol. The highest BCUT2D eigenvalue weighted by molar-refractivity contribution is 14.0. The third-order valence-corrected chi connectivity index (χ3v) is 5.16. The molecule has 0 fully saturated rings. The molecule has 0 radical (unpaired) electrons. The Hall–Kier alpha value is -1.65. The largest absolute Gasteiger partial charge is 0.354 e. The zero-order valence-electron chi connectivity index (χ0n) is 15.9. The molecule has 1 atom stereocenters. The molecule has 0 aliphatic heterocycles. The number of nitrogens with one attached hydrogen (secondary N) is 2. The Morgan fingerprint density at radius 2 is 2.00 bits per heavy atom. The molecule has 0 spiro atoms. The summed E-state index contributed by atoms with van der Waals surface area (Å²) in [6.07, 6.45) is 0.945. The second-order valence-corrected chi connectivity index (χ2v) is 8.02. The molecule has 0 saturated heterocycles. The maximum atomic E-state index is 5.90. The van der Waals surface area contributed by atoms with Crippen LogP contribution >= 0.6 is 46.9 Å². The number of hydrogen-bond donors (Lipinski definition) is 2. The van der Waals surface area contributed by atoms with Gasteiger partial charge in [-0.3, -0.25) is 4.99 Å². The molecule has 2 aromatic heterocycles. The standard InChI is InChI=1S/C19H22ClN5OS.HI/c1-12(10-16-9-4-13(2)27-16)23-19(21-3)22-11-17-24-18(25-26-17)14-5-7-15(20)8-6-14;/h4-9,12H,10-11H2,1-3H3,(H2,21,22,23);1H. The van der Waals surface area contributed by atoms with Crippen molar-refractivity contribution in [1.82, 2.24) is 20.8 Å². The van der Waals surface area contributed by atoms with Gasteiger partial charge in [0.25, 0.3) is 0 Å². The highest BCUT2D eigenvalue weighted by Gasteiger charge is 2.11. The number of benzene rings is 1. The van der Waals surface area contributed by atoms with Gasteiger partial charge in [-0.25, -0.2) is 0 Å². The first-order valence-electron chi connectivity index (χ1n) is 8.64. The second-order valence-electron chi connectivity index (χ2n) is 6.21. The van der Waals surface area contributed by atoms with Gasteiger partial charge in [0.1, 0.15) is 0 Å². The number of thiophene rings is 1. The summed E-state index contributed by atoms with van der Waals surface area (Å²) in [6, 6.07) is 11.9. The molecule has 150 valence electrons. The van der Waals surface area contributed by atoms with E-state index in [9.17, 15) is 0 Å². The third kappa shape index (κ3) is 6.46. The summed E-state index contributed by atoms with van der Waals surface area (Å²) >= 11 is 7.73. The number of aryl methyl sites for hydroxylation is 1. The van der Waals surface area contributed by atoms with Crippen molar-refractivity contribution in [1.29, 1.82) is 0 Å². The van der Waals surface area contributed by atoms with E-state index in [2.05, 4.69) is 51.7 Å². The molecule has 2 N–H and O–H groups in total. The fraction of sp³-hybridized carbons (Fsp3) is 0.316. The first kappa shape index (κ1) is 22.6. The van der Waals surface area contributed by atoms with Crippen LogP contribution in [-0.2, 0) is 13.0 Å². The van der Waals surface area contributed by atoms with Crippen molar-refractivity contribution in [3.8, 4) is 11.4 Å². The van der Waals surface area contributed by atoms with E-state index in [4.69, 9.17) is 16.1 Å². The highest BCUT2D eigenvalue weighted by Crippen LogP contribution is 2.19. The zero-order chi connectivity index (χ0) is 19.2. The van der Waals surface area contributed by atoms with Crippen LogP contribution in [0.25, 0.3) is 11.4 Å². The number of guanidine groups is 1. The van der Waals surface area contributed by atoms with E-state index in [1.165, 1.54) is 9.75 Å². The van der Waals surface area contributed by atoms with Crippen LogP contribution in [0.4, 0.5) is 0 Å². The van der Waals surface area contributed by atoms with Gasteiger partial charge in [0.2, 0.25) is 11.7 Å². The molecule has 0 bridgehead atoms. The van der Waals surface area contributed by atoms with Crippen LogP contribution in [0.5, 0.6) is 0 Å². The van der Waals surface area contributed by atoms with Crippen LogP contribution in [0.15, 0.2) is 45.9 Å². The summed E-state index contributed by atoms with van der Waals surface area (Å²) in [5.74, 6) is 1.72. The van der Waals surface area contributed by atoms with Gasteiger partial charge in [-0.2, -0.15) is 4.98 Å². The molecule has 0 saturated carbocycles. The van der Waals surface area contributed by atoms with Gasteiger partial charge in [0.15, 0.2) is 5.96 Å². The molecule has 6 nitrogen and oxygen atoms in total. The van der Waals surface area contributed by atoms with Gasteiger partial charge in [-0.1, -0.05) is 16.8 Å². The van der Waals surface area contributed by atoms with Crippen molar-refractivity contribution < 1.29 is 4.52 Å². The topological polar surface area (TPSA) is 75.3 Å². The molecule has 1 aromatic carbocycles. The minimum Gasteiger partial charge on any atom is -0.354 e. The van der Waals surface area contributed by atoms with Gasteiger partial charge in [0.05, 0.1) is 6.54 Å². The van der Waals surface area contributed by atoms with E-state index in [-0.39, 0.29) is 30.0 Å². The van der Waals surface area contributed by atoms with E-state index in [0.717, 1.165) is 12.0 Å². The Morgan fingerprint density at radius 1 is 1.25 bits per heavy atom. The Morgan fingerprint density at radius 3 is 2.64 bits per heavy atom. The van der Waals surface area contributed by atoms with Crippen molar-refractivity contribution in [2.75, 3.05) is 7.05 Å². The second kappa shape index (κ2) is 10.8. The van der Waals surface area contributed by atoms with Gasteiger partial charge >= 0.3 is 0 Å². The normalized spacial score (nSPS) is 12.4. The Bertz CT molecular complexity index is 909. The third-order valence-electron chi connectivity index (χ3n) is 3.89. The van der Waals surface area contributed by atoms with Crippen molar-refractivity contribution in [3.63, 3.8) is 0 Å². The van der Waals surface area contributed by atoms with Crippen LogP contribution in [0.3, 0.4) is 0 Å². The smallest absolute Gasteiger partial charge is 0.246 e. The summed E-state index contributed by atoms with van der Waals surface area (Å²) < 4.78 is 5.31. The van der Waals surface area contributed by atoms with E-state index in [0.29, 0.717) is 29.2 Å². The van der Waals surface area contributed by atoms with Gasteiger partial charge in [-0.15, -0.1) is 35.3 Å². The number of halogens is 2. The maximum Gasteiger partial charge on any atom is 0.246 e. The van der Waals surface area contributed by atoms with E-state index in [1.807, 2.05) is 23.5 Å². The minimum atomic E-state index is 0. The quantitative estimate of drug-likeness (QED) is 0.275. The fourth-order valence-electron chi connectivity index (χ4n) is 2.58. The molecule has 0 aliphatic carbocycles. The van der Waals surface area contributed by atoms with Crippen LogP contribution in [0, 0.1) is 6.92 Å². The molecule has 3 aromatic rings. The Labute approximate surface area is 190 Å². The fourth-order valence-corrected chi connectivity index (χ4v) is 3.72. The number of aliphatic imine (C=N–C) groups is 1. The van der Waals surface area contributed by atoms with Crippen LogP contribution < -0.4 is 10.6 Å². The highest BCUT2D eigenvalue weighted by atomic mass is 127. The molecule has 2 heterocycles. The first-order chi connectivity index (χ1) is 13.0. The SMILES string of the molecule is CN=C(NCc1nc(-c2ccc(Cl)cc2)no1)NC(C)Cc1ccc(C)s1.I. The van der Waals surface area contributed by atoms with Crippen LogP contribution in [-0.4, -0.2) is 29.2 Å². The van der Waals surface area contributed by atoms with Gasteiger partial charge < -0.3 is 15.2 Å². The molecule has 1 unspecified atom stereocenters. The number of nitrogens with zero attached hydrogens (tertiary/aromatic N) is 3. The average Bonchev–Trinajstić information content (AvgIpc) is 3.28. The lowest BCUT2D eigenvalue weighted by Crippen LogP contribution is -2.42. The number of hydrogen-bond acceptors (Lipinski definition) is 5. The van der Waals surface area contributed by atoms with Crippen molar-refractivity contribution in [2.24, 2.45) is 4.99 Å². The lowest BCUT2D eigenvalue weighted by atomic mass is 10.2. The average molecular weight is 532 g/mol. The lowest BCUT2D eigenvalue weighted by Gasteiger charge is -2.16. The molecule has 0 amide bonds. The summed E-state index contributed by atoms with van der Waals surface area (Å²) in [5.41, 5.74) is 0.858. The minimum absolute atomic E-state index is 0. The van der Waals surface area contributed by atoms with Crippen molar-refractivity contribution >= 4 is 52.9 Å². The zero-order valence-corrected chi connectivity index (χ0v) is 19.8. The predicted octanol–water partition coefficient (Wildman–Crippen LogP) is 4.67. The van der Waals surface area contributed by atoms with Gasteiger partial charge in [0, 0.05) is 39.9 Å². The monoisotopic (exact) mass is 531 g/mol. The lowest BCUT2D eigenvalue weighted by molar-refractivity contribution is 0.375. The van der Waals surface area contributed by atoms with E-state index < -0.39 is 0 Å². The molecule has 3 rings (SSSR count). The van der Waals surface area contributed by atoms with Crippen molar-refractivity contribution in [2.45, 2.75) is 32.9 Å². The molecular weight excluding hydrogens is 509 g/mol. The van der Waals surface area contributed by atoms with Crippen LogP contribution in [0.1, 0.15) is 22.6 Å². The number of rotatable bonds is 6. The Balaban J connectivity index is 0.00000280. The Kier molecular flexibility index (Phi) is 8.71. The number of aromatic nitrogens is 2. The molecule has 0 aliphatic rings. The van der Waals surface area contributed by atoms with E-state index >= 15 is 0 Å². The first-order valence-corrected chi connectivity index (χ1v) is 9.84. The molecule has 9 heteroatoms. The van der Waals surface area contributed by atoms with Crippen molar-refractivity contribution in [3.05, 3.63) is 57.1 Å². The summed E-state index contributed by atoms with van der Waals surface area (Å²) in [4.78, 5) is 11.3. The van der Waals surface area contributed by atoms with Crippen LogP contribution in [0.2, 0.25) is 5.02 Å². The summed E-state index contributed by atoms with van der Waals surface area (Å²) in [6.45, 7) is 4.65. The molecular formula is C19H23ClIN5OS. The summed E-state index contributed by atoms with van der Waals surface area (Å²) in [5, 5.41) is 11.3. The van der Waals surface area contributed by atoms with E-state index in [1.54, 1.807) is 19.2 Å². The maximum absolute atomic E-state index is 5.90. The molecule has 28 heavy (non-hydrogen) atoms. The van der Waals surface area contributed by atoms with Gasteiger partial charge in [-0.05, 0) is 50.2 Å². The summed E-state index contributed by atoms with van der Waals surface area (Å²) in [7, 11) is 1.74.